The highest BCUT2D eigenvalue weighted by Crippen LogP contribution is 2.58. The lowest BCUT2D eigenvalue weighted by molar-refractivity contribution is -0.0449. The van der Waals surface area contributed by atoms with Crippen molar-refractivity contribution in [1.82, 2.24) is 4.57 Å². The molecule has 0 aromatic carbocycles. The smallest absolute Gasteiger partial charge is 0.255 e. The summed E-state index contributed by atoms with van der Waals surface area (Å²) in [4.78, 5) is 12.6. The lowest BCUT2D eigenvalue weighted by Gasteiger charge is -2.57. The lowest BCUT2D eigenvalue weighted by Crippen LogP contribution is -2.54. The molecular weight excluding hydrogens is 236 g/mol. The van der Waals surface area contributed by atoms with Gasteiger partial charge in [-0.3, -0.25) is 4.79 Å². The van der Waals surface area contributed by atoms with E-state index >= 15 is 0 Å². The average molecular weight is 258 g/mol. The van der Waals surface area contributed by atoms with Gasteiger partial charge in [0.05, 0.1) is 0 Å². The molecule has 1 heterocycles. The van der Waals surface area contributed by atoms with Crippen LogP contribution in [-0.2, 0) is 12.1 Å². The summed E-state index contributed by atoms with van der Waals surface area (Å²) < 4.78 is 2.06. The fourth-order valence-corrected chi connectivity index (χ4v) is 5.43. The second-order valence-corrected chi connectivity index (χ2v) is 7.05. The van der Waals surface area contributed by atoms with E-state index in [4.69, 9.17) is 5.73 Å². The Bertz CT molecular complexity index is 525. The number of nitrogens with zero attached hydrogens (tertiary/aromatic N) is 1. The molecule has 0 amide bonds. The highest BCUT2D eigenvalue weighted by Gasteiger charge is 2.52. The van der Waals surface area contributed by atoms with Gasteiger partial charge < -0.3 is 10.3 Å². The molecule has 3 nitrogen and oxygen atoms in total. The minimum atomic E-state index is 0.122. The molecule has 4 fully saturated rings. The van der Waals surface area contributed by atoms with E-state index in [1.165, 1.54) is 38.5 Å². The van der Waals surface area contributed by atoms with Crippen LogP contribution in [0.15, 0.2) is 23.1 Å². The van der Waals surface area contributed by atoms with Gasteiger partial charge in [-0.05, 0) is 62.3 Å². The molecule has 5 rings (SSSR count). The summed E-state index contributed by atoms with van der Waals surface area (Å²) >= 11 is 0. The fraction of sp³-hybridized carbons (Fsp3) is 0.688. The average Bonchev–Trinajstić information content (AvgIpc) is 2.37. The van der Waals surface area contributed by atoms with Gasteiger partial charge in [0.15, 0.2) is 0 Å². The van der Waals surface area contributed by atoms with E-state index in [1.807, 2.05) is 18.3 Å². The molecule has 0 spiro atoms. The third-order valence-electron chi connectivity index (χ3n) is 5.76. The Hall–Kier alpha value is -1.09. The summed E-state index contributed by atoms with van der Waals surface area (Å²) in [5, 5.41) is 0. The minimum Gasteiger partial charge on any atom is -0.326 e. The molecule has 3 heteroatoms. The van der Waals surface area contributed by atoms with Crippen LogP contribution >= 0.6 is 0 Å². The molecular formula is C16H22N2O. The number of aromatic nitrogens is 1. The summed E-state index contributed by atoms with van der Waals surface area (Å²) in [7, 11) is 0. The molecule has 0 unspecified atom stereocenters. The lowest BCUT2D eigenvalue weighted by atomic mass is 9.53. The van der Waals surface area contributed by atoms with Crippen LogP contribution in [0.3, 0.4) is 0 Å². The van der Waals surface area contributed by atoms with Crippen LogP contribution in [0.25, 0.3) is 0 Å². The molecule has 4 aliphatic rings. The van der Waals surface area contributed by atoms with Gasteiger partial charge in [-0.15, -0.1) is 0 Å². The standard InChI is InChI=1S/C16H22N2O/c17-10-14-2-1-3-18(15(14)19)16-7-11-4-12(8-16)6-13(5-11)9-16/h1-3,11-13H,4-10,17H2. The number of nitrogens with two attached hydrogens (primary N) is 1. The van der Waals surface area contributed by atoms with Crippen LogP contribution in [-0.4, -0.2) is 4.57 Å². The molecule has 1 aromatic heterocycles. The third-order valence-corrected chi connectivity index (χ3v) is 5.76. The predicted molar refractivity (Wildman–Crippen MR) is 74.7 cm³/mol. The summed E-state index contributed by atoms with van der Waals surface area (Å²) in [5.74, 6) is 2.58. The topological polar surface area (TPSA) is 48.0 Å². The van der Waals surface area contributed by atoms with Crippen molar-refractivity contribution in [2.45, 2.75) is 50.6 Å². The molecule has 19 heavy (non-hydrogen) atoms. The number of hydrogen-bond acceptors (Lipinski definition) is 2. The first-order valence-electron chi connectivity index (χ1n) is 7.61. The van der Waals surface area contributed by atoms with Gasteiger partial charge in [0.2, 0.25) is 0 Å². The highest BCUT2D eigenvalue weighted by atomic mass is 16.1. The third kappa shape index (κ3) is 1.64. The van der Waals surface area contributed by atoms with Crippen LogP contribution in [0, 0.1) is 17.8 Å². The molecule has 4 saturated carbocycles. The number of hydrogen-bond donors (Lipinski definition) is 1. The van der Waals surface area contributed by atoms with E-state index < -0.39 is 0 Å². The first-order chi connectivity index (χ1) is 9.20. The van der Waals surface area contributed by atoms with E-state index in [2.05, 4.69) is 4.57 Å². The van der Waals surface area contributed by atoms with Crippen LogP contribution in [0.1, 0.15) is 44.1 Å². The normalized spacial score (nSPS) is 39.7. The molecule has 4 aliphatic carbocycles. The maximum Gasteiger partial charge on any atom is 0.255 e. The van der Waals surface area contributed by atoms with Gasteiger partial charge >= 0.3 is 0 Å². The van der Waals surface area contributed by atoms with E-state index in [-0.39, 0.29) is 11.1 Å². The van der Waals surface area contributed by atoms with Crippen molar-refractivity contribution in [3.05, 3.63) is 34.2 Å². The van der Waals surface area contributed by atoms with Gasteiger partial charge in [0, 0.05) is 23.8 Å². The summed E-state index contributed by atoms with van der Waals surface area (Å²) in [6, 6.07) is 3.88. The van der Waals surface area contributed by atoms with Gasteiger partial charge in [-0.2, -0.15) is 0 Å². The summed E-state index contributed by atoms with van der Waals surface area (Å²) in [6.07, 6.45) is 9.88. The van der Waals surface area contributed by atoms with Crippen molar-refractivity contribution in [2.24, 2.45) is 23.5 Å². The Morgan fingerprint density at radius 1 is 1.16 bits per heavy atom. The zero-order valence-electron chi connectivity index (χ0n) is 11.3. The van der Waals surface area contributed by atoms with Crippen molar-refractivity contribution in [3.8, 4) is 0 Å². The van der Waals surface area contributed by atoms with Crippen LogP contribution in [0.4, 0.5) is 0 Å². The van der Waals surface area contributed by atoms with Gasteiger partial charge in [-0.1, -0.05) is 6.07 Å². The van der Waals surface area contributed by atoms with E-state index in [1.54, 1.807) is 0 Å². The summed E-state index contributed by atoms with van der Waals surface area (Å²) in [6.45, 7) is 0.353. The molecule has 4 bridgehead atoms. The minimum absolute atomic E-state index is 0.122. The summed E-state index contributed by atoms with van der Waals surface area (Å²) in [5.41, 5.74) is 6.74. The molecule has 0 radical (unpaired) electrons. The second kappa shape index (κ2) is 3.95. The van der Waals surface area contributed by atoms with Crippen molar-refractivity contribution in [2.75, 3.05) is 0 Å². The van der Waals surface area contributed by atoms with E-state index in [0.29, 0.717) is 6.54 Å². The SMILES string of the molecule is NCc1cccn(C23CC4CC(CC(C4)C2)C3)c1=O. The maximum atomic E-state index is 12.6. The monoisotopic (exact) mass is 258 g/mol. The van der Waals surface area contributed by atoms with Crippen LogP contribution < -0.4 is 11.3 Å². The molecule has 0 atom stereocenters. The van der Waals surface area contributed by atoms with Gasteiger partial charge in [0.1, 0.15) is 0 Å². The fourth-order valence-electron chi connectivity index (χ4n) is 5.43. The van der Waals surface area contributed by atoms with Crippen molar-refractivity contribution >= 4 is 0 Å². The van der Waals surface area contributed by atoms with Crippen molar-refractivity contribution in [3.63, 3.8) is 0 Å². The Morgan fingerprint density at radius 3 is 2.26 bits per heavy atom. The molecule has 2 N–H and O–H groups in total. The zero-order valence-corrected chi connectivity index (χ0v) is 11.3. The first-order valence-corrected chi connectivity index (χ1v) is 7.61. The van der Waals surface area contributed by atoms with Crippen molar-refractivity contribution in [1.29, 1.82) is 0 Å². The van der Waals surface area contributed by atoms with E-state index in [9.17, 15) is 4.79 Å². The Labute approximate surface area is 113 Å². The molecule has 102 valence electrons. The zero-order chi connectivity index (χ0) is 13.0. The molecule has 0 saturated heterocycles. The van der Waals surface area contributed by atoms with Crippen LogP contribution in [0.5, 0.6) is 0 Å². The number of pyridine rings is 1. The van der Waals surface area contributed by atoms with Gasteiger partial charge in [0.25, 0.3) is 5.56 Å². The largest absolute Gasteiger partial charge is 0.326 e. The molecule has 1 aromatic rings. The number of rotatable bonds is 2. The quantitative estimate of drug-likeness (QED) is 0.884. The van der Waals surface area contributed by atoms with Crippen molar-refractivity contribution < 1.29 is 0 Å². The predicted octanol–water partition coefficient (Wildman–Crippen LogP) is 2.23. The highest BCUT2D eigenvalue weighted by molar-refractivity contribution is 5.15. The Kier molecular flexibility index (Phi) is 2.44. The first kappa shape index (κ1) is 11.7. The Balaban J connectivity index is 1.82. The Morgan fingerprint density at radius 2 is 1.74 bits per heavy atom. The van der Waals surface area contributed by atoms with Crippen LogP contribution in [0.2, 0.25) is 0 Å². The van der Waals surface area contributed by atoms with Gasteiger partial charge in [-0.25, -0.2) is 0 Å². The maximum absolute atomic E-state index is 12.6. The second-order valence-electron chi connectivity index (χ2n) is 7.05. The molecule has 0 aliphatic heterocycles. The van der Waals surface area contributed by atoms with E-state index in [0.717, 1.165) is 23.3 Å².